The van der Waals surface area contributed by atoms with Gasteiger partial charge in [0.1, 0.15) is 5.56 Å². The Kier molecular flexibility index (Phi) is 5.03. The van der Waals surface area contributed by atoms with Crippen LogP contribution >= 0.6 is 11.3 Å². The molecule has 1 amide bonds. The molecule has 0 spiro atoms. The first-order chi connectivity index (χ1) is 12.7. The summed E-state index contributed by atoms with van der Waals surface area (Å²) in [5.74, 6) is -0.854. The minimum Gasteiger partial charge on any atom is -0.387 e. The van der Waals surface area contributed by atoms with Crippen molar-refractivity contribution < 1.29 is 23.1 Å². The molecule has 0 aliphatic heterocycles. The van der Waals surface area contributed by atoms with E-state index in [1.54, 1.807) is 12.3 Å². The fraction of sp³-hybridized carbons (Fsp3) is 0.235. The van der Waals surface area contributed by atoms with Crippen LogP contribution in [0.3, 0.4) is 0 Å². The van der Waals surface area contributed by atoms with Gasteiger partial charge in [0.05, 0.1) is 22.9 Å². The predicted molar refractivity (Wildman–Crippen MR) is 94.9 cm³/mol. The van der Waals surface area contributed by atoms with Crippen LogP contribution in [-0.2, 0) is 6.18 Å². The SMILES string of the molecule is CCC(O)c1[nH]c2c(C(F)(F)F)cccc2c(=O)c1C(=O)Nc1nccs1. The molecule has 0 saturated heterocycles. The van der Waals surface area contributed by atoms with Crippen molar-refractivity contribution in [2.24, 2.45) is 0 Å². The lowest BCUT2D eigenvalue weighted by atomic mass is 10.0. The Morgan fingerprint density at radius 2 is 2.15 bits per heavy atom. The summed E-state index contributed by atoms with van der Waals surface area (Å²) in [6, 6.07) is 3.13. The summed E-state index contributed by atoms with van der Waals surface area (Å²) in [5.41, 5.74) is -3.12. The Labute approximate surface area is 154 Å². The highest BCUT2D eigenvalue weighted by atomic mass is 32.1. The minimum absolute atomic E-state index is 0.0904. The molecule has 3 aromatic rings. The third-order valence-electron chi connectivity index (χ3n) is 3.97. The number of hydrogen-bond donors (Lipinski definition) is 3. The molecule has 3 N–H and O–H groups in total. The number of benzene rings is 1. The minimum atomic E-state index is -4.71. The van der Waals surface area contributed by atoms with Gasteiger partial charge in [0, 0.05) is 17.0 Å². The van der Waals surface area contributed by atoms with E-state index in [0.29, 0.717) is 0 Å². The van der Waals surface area contributed by atoms with Crippen molar-refractivity contribution in [3.63, 3.8) is 0 Å². The second-order valence-corrected chi connectivity index (χ2v) is 6.58. The molecule has 0 aliphatic carbocycles. The van der Waals surface area contributed by atoms with Gasteiger partial charge in [-0.3, -0.25) is 14.9 Å². The summed E-state index contributed by atoms with van der Waals surface area (Å²) in [5, 5.41) is 14.2. The maximum Gasteiger partial charge on any atom is 0.418 e. The van der Waals surface area contributed by atoms with Crippen molar-refractivity contribution >= 4 is 33.3 Å². The largest absolute Gasteiger partial charge is 0.418 e. The summed E-state index contributed by atoms with van der Waals surface area (Å²) in [6.45, 7) is 1.57. The first kappa shape index (κ1) is 19.1. The summed E-state index contributed by atoms with van der Waals surface area (Å²) >= 11 is 1.11. The Hall–Kier alpha value is -2.72. The molecule has 27 heavy (non-hydrogen) atoms. The number of rotatable bonds is 4. The maximum atomic E-state index is 13.3. The molecule has 6 nitrogen and oxygen atoms in total. The van der Waals surface area contributed by atoms with Crippen molar-refractivity contribution in [3.05, 3.63) is 56.8 Å². The zero-order valence-corrected chi connectivity index (χ0v) is 14.7. The van der Waals surface area contributed by atoms with E-state index in [2.05, 4.69) is 15.3 Å². The zero-order valence-electron chi connectivity index (χ0n) is 13.9. The van der Waals surface area contributed by atoms with E-state index >= 15 is 0 Å². The number of nitrogens with zero attached hydrogens (tertiary/aromatic N) is 1. The van der Waals surface area contributed by atoms with Gasteiger partial charge in [-0.1, -0.05) is 13.0 Å². The number of H-pyrrole nitrogens is 1. The summed E-state index contributed by atoms with van der Waals surface area (Å²) < 4.78 is 39.9. The number of nitrogens with one attached hydrogen (secondary N) is 2. The molecule has 0 fully saturated rings. The molecule has 0 radical (unpaired) electrons. The van der Waals surface area contributed by atoms with Crippen LogP contribution in [0.4, 0.5) is 18.3 Å². The number of para-hydroxylation sites is 1. The van der Waals surface area contributed by atoms with Gasteiger partial charge in [0.2, 0.25) is 5.43 Å². The highest BCUT2D eigenvalue weighted by Crippen LogP contribution is 2.34. The number of pyridine rings is 1. The fourth-order valence-electron chi connectivity index (χ4n) is 2.69. The van der Waals surface area contributed by atoms with Crippen LogP contribution in [-0.4, -0.2) is 21.0 Å². The number of halogens is 3. The monoisotopic (exact) mass is 397 g/mol. The Morgan fingerprint density at radius 1 is 1.41 bits per heavy atom. The molecule has 10 heteroatoms. The molecule has 1 atom stereocenters. The Bertz CT molecular complexity index is 1050. The Balaban J connectivity index is 2.28. The number of alkyl halides is 3. The van der Waals surface area contributed by atoms with E-state index in [-0.39, 0.29) is 22.6 Å². The number of amides is 1. The third-order valence-corrected chi connectivity index (χ3v) is 4.66. The van der Waals surface area contributed by atoms with Crippen LogP contribution in [0.15, 0.2) is 34.6 Å². The van der Waals surface area contributed by atoms with Crippen molar-refractivity contribution in [2.45, 2.75) is 25.6 Å². The molecule has 2 heterocycles. The molecule has 0 bridgehead atoms. The van der Waals surface area contributed by atoms with Gasteiger partial charge in [-0.25, -0.2) is 4.98 Å². The highest BCUT2D eigenvalue weighted by Gasteiger charge is 2.34. The molecule has 1 aromatic carbocycles. The molecule has 1 unspecified atom stereocenters. The Morgan fingerprint density at radius 3 is 2.74 bits per heavy atom. The number of aromatic nitrogens is 2. The molecule has 142 valence electrons. The van der Waals surface area contributed by atoms with Gasteiger partial charge in [0.15, 0.2) is 5.13 Å². The number of aliphatic hydroxyl groups is 1. The molecule has 2 aromatic heterocycles. The third kappa shape index (κ3) is 3.58. The summed E-state index contributed by atoms with van der Waals surface area (Å²) in [4.78, 5) is 31.8. The topological polar surface area (TPSA) is 95.1 Å². The molecule has 0 aliphatic rings. The van der Waals surface area contributed by atoms with E-state index in [1.807, 2.05) is 0 Å². The fourth-order valence-corrected chi connectivity index (χ4v) is 3.21. The number of thiazole rings is 1. The lowest BCUT2D eigenvalue weighted by molar-refractivity contribution is -0.136. The number of carbonyl (C=O) groups is 1. The van der Waals surface area contributed by atoms with Gasteiger partial charge >= 0.3 is 6.18 Å². The molecule has 3 rings (SSSR count). The lowest BCUT2D eigenvalue weighted by Crippen LogP contribution is -2.27. The first-order valence-electron chi connectivity index (χ1n) is 7.89. The van der Waals surface area contributed by atoms with E-state index < -0.39 is 40.3 Å². The van der Waals surface area contributed by atoms with Gasteiger partial charge in [-0.2, -0.15) is 13.2 Å². The number of carbonyl (C=O) groups excluding carboxylic acids is 1. The van der Waals surface area contributed by atoms with E-state index in [1.165, 1.54) is 12.3 Å². The van der Waals surface area contributed by atoms with Crippen LogP contribution < -0.4 is 10.7 Å². The second-order valence-electron chi connectivity index (χ2n) is 5.68. The standard InChI is InChI=1S/C17H14F3N3O3S/c1-2-10(24)13-11(15(26)23-16-21-6-7-27-16)14(25)8-4-3-5-9(12(8)22-13)17(18,19)20/h3-7,10,24H,2H2,1H3,(H,22,25)(H,21,23,26). The quantitative estimate of drug-likeness (QED) is 0.626. The smallest absolute Gasteiger partial charge is 0.387 e. The van der Waals surface area contributed by atoms with Crippen LogP contribution in [0.5, 0.6) is 0 Å². The van der Waals surface area contributed by atoms with E-state index in [4.69, 9.17) is 0 Å². The van der Waals surface area contributed by atoms with Crippen LogP contribution in [0.2, 0.25) is 0 Å². The number of fused-ring (bicyclic) bond motifs is 1. The van der Waals surface area contributed by atoms with E-state index in [9.17, 15) is 27.9 Å². The zero-order chi connectivity index (χ0) is 19.8. The maximum absolute atomic E-state index is 13.3. The van der Waals surface area contributed by atoms with Crippen molar-refractivity contribution in [3.8, 4) is 0 Å². The van der Waals surface area contributed by atoms with Crippen molar-refractivity contribution in [2.75, 3.05) is 5.32 Å². The first-order valence-corrected chi connectivity index (χ1v) is 8.77. The van der Waals surface area contributed by atoms with Crippen LogP contribution in [0.1, 0.15) is 41.1 Å². The number of anilines is 1. The lowest BCUT2D eigenvalue weighted by Gasteiger charge is -2.17. The normalized spacial score (nSPS) is 12.9. The van der Waals surface area contributed by atoms with Crippen LogP contribution in [0, 0.1) is 0 Å². The van der Waals surface area contributed by atoms with E-state index in [0.717, 1.165) is 23.5 Å². The number of hydrogen-bond acceptors (Lipinski definition) is 5. The van der Waals surface area contributed by atoms with Crippen molar-refractivity contribution in [1.82, 2.24) is 9.97 Å². The van der Waals surface area contributed by atoms with Crippen LogP contribution in [0.25, 0.3) is 10.9 Å². The summed E-state index contributed by atoms with van der Waals surface area (Å²) in [7, 11) is 0. The molecular formula is C17H14F3N3O3S. The second kappa shape index (κ2) is 7.12. The van der Waals surface area contributed by atoms with Gasteiger partial charge in [-0.05, 0) is 18.6 Å². The van der Waals surface area contributed by atoms with Gasteiger partial charge in [-0.15, -0.1) is 11.3 Å². The average molecular weight is 397 g/mol. The van der Waals surface area contributed by atoms with Crippen molar-refractivity contribution in [1.29, 1.82) is 0 Å². The number of aromatic amines is 1. The molecule has 0 saturated carbocycles. The number of aliphatic hydroxyl groups excluding tert-OH is 1. The van der Waals surface area contributed by atoms with Gasteiger partial charge < -0.3 is 10.1 Å². The molecular weight excluding hydrogens is 383 g/mol. The highest BCUT2D eigenvalue weighted by molar-refractivity contribution is 7.13. The predicted octanol–water partition coefficient (Wildman–Crippen LogP) is 3.70. The van der Waals surface area contributed by atoms with Gasteiger partial charge in [0.25, 0.3) is 5.91 Å². The summed E-state index contributed by atoms with van der Waals surface area (Å²) in [6.07, 6.45) is -4.49. The average Bonchev–Trinajstić information content (AvgIpc) is 3.12.